The number of thioether (sulfide) groups is 1. The molecule has 1 saturated heterocycles. The molecule has 1 amide bonds. The van der Waals surface area contributed by atoms with Crippen molar-refractivity contribution in [1.82, 2.24) is 5.32 Å². The van der Waals surface area contributed by atoms with E-state index in [1.807, 2.05) is 24.3 Å². The molecular weight excluding hydrogens is 354 g/mol. The Bertz CT molecular complexity index is 1040. The standard InChI is InChI=1S/C22H19N3OS/c1-15-9-11-16(12-10-15)13-20-21(26)24-22(27-20)25-23-14-18-7-4-6-17-5-2-3-8-19(17)18/h2-12,14,20H,13H2,1H3,(H,24,25,26)/b23-14+. The first kappa shape index (κ1) is 17.5. The summed E-state index contributed by atoms with van der Waals surface area (Å²) in [6, 6.07) is 22.5. The van der Waals surface area contributed by atoms with E-state index < -0.39 is 0 Å². The van der Waals surface area contributed by atoms with Crippen molar-refractivity contribution in [1.29, 1.82) is 0 Å². The Kier molecular flexibility index (Phi) is 5.03. The molecule has 0 radical (unpaired) electrons. The number of carbonyl (C=O) groups is 1. The minimum Gasteiger partial charge on any atom is -0.303 e. The van der Waals surface area contributed by atoms with Crippen LogP contribution in [0.25, 0.3) is 10.8 Å². The molecule has 134 valence electrons. The molecule has 5 heteroatoms. The summed E-state index contributed by atoms with van der Waals surface area (Å²) in [4.78, 5) is 12.2. The van der Waals surface area contributed by atoms with Crippen LogP contribution in [0, 0.1) is 6.92 Å². The zero-order valence-corrected chi connectivity index (χ0v) is 15.7. The van der Waals surface area contributed by atoms with Crippen LogP contribution >= 0.6 is 11.8 Å². The second-order valence-electron chi connectivity index (χ2n) is 6.50. The van der Waals surface area contributed by atoms with E-state index in [1.54, 1.807) is 6.21 Å². The fourth-order valence-electron chi connectivity index (χ4n) is 3.03. The Morgan fingerprint density at radius 3 is 2.67 bits per heavy atom. The van der Waals surface area contributed by atoms with Crippen LogP contribution in [0.15, 0.2) is 76.9 Å². The first-order valence-corrected chi connectivity index (χ1v) is 9.69. The number of hydrogen-bond donors (Lipinski definition) is 1. The summed E-state index contributed by atoms with van der Waals surface area (Å²) in [7, 11) is 0. The van der Waals surface area contributed by atoms with Crippen molar-refractivity contribution in [3.8, 4) is 0 Å². The average Bonchev–Trinajstić information content (AvgIpc) is 3.03. The van der Waals surface area contributed by atoms with Gasteiger partial charge >= 0.3 is 0 Å². The Hall–Kier alpha value is -2.92. The van der Waals surface area contributed by atoms with Crippen LogP contribution in [0.1, 0.15) is 16.7 Å². The SMILES string of the molecule is Cc1ccc(CC2S/C(=N\N=C\c3cccc4ccccc34)NC2=O)cc1. The van der Waals surface area contributed by atoms with Gasteiger partial charge in [0, 0.05) is 5.56 Å². The maximum absolute atomic E-state index is 12.2. The predicted molar refractivity (Wildman–Crippen MR) is 113 cm³/mol. The van der Waals surface area contributed by atoms with Gasteiger partial charge in [0.2, 0.25) is 5.91 Å². The third kappa shape index (κ3) is 4.09. The van der Waals surface area contributed by atoms with Gasteiger partial charge in [-0.25, -0.2) is 0 Å². The minimum atomic E-state index is -0.167. The van der Waals surface area contributed by atoms with Gasteiger partial charge in [-0.3, -0.25) is 4.79 Å². The van der Waals surface area contributed by atoms with E-state index in [0.717, 1.165) is 21.9 Å². The molecule has 27 heavy (non-hydrogen) atoms. The number of amidine groups is 1. The molecular formula is C22H19N3OS. The van der Waals surface area contributed by atoms with Crippen molar-refractivity contribution in [3.63, 3.8) is 0 Å². The molecule has 0 spiro atoms. The minimum absolute atomic E-state index is 0.0142. The lowest BCUT2D eigenvalue weighted by atomic mass is 10.1. The summed E-state index contributed by atoms with van der Waals surface area (Å²) < 4.78 is 0. The van der Waals surface area contributed by atoms with Gasteiger partial charge in [-0.05, 0) is 29.7 Å². The van der Waals surface area contributed by atoms with Crippen molar-refractivity contribution in [2.75, 3.05) is 0 Å². The smallest absolute Gasteiger partial charge is 0.239 e. The van der Waals surface area contributed by atoms with Gasteiger partial charge in [0.15, 0.2) is 5.17 Å². The van der Waals surface area contributed by atoms with E-state index in [1.165, 1.54) is 17.3 Å². The van der Waals surface area contributed by atoms with Gasteiger partial charge in [0.1, 0.15) is 0 Å². The third-order valence-corrected chi connectivity index (χ3v) is 5.56. The lowest BCUT2D eigenvalue weighted by Gasteiger charge is -2.05. The van der Waals surface area contributed by atoms with Gasteiger partial charge in [0.05, 0.1) is 11.5 Å². The predicted octanol–water partition coefficient (Wildman–Crippen LogP) is 4.31. The van der Waals surface area contributed by atoms with E-state index in [-0.39, 0.29) is 11.2 Å². The second kappa shape index (κ2) is 7.76. The molecule has 1 N–H and O–H groups in total. The maximum atomic E-state index is 12.2. The molecule has 1 atom stereocenters. The van der Waals surface area contributed by atoms with E-state index in [4.69, 9.17) is 0 Å². The number of fused-ring (bicyclic) bond motifs is 1. The van der Waals surface area contributed by atoms with E-state index in [2.05, 4.69) is 64.9 Å². The van der Waals surface area contributed by atoms with Gasteiger partial charge < -0.3 is 5.32 Å². The van der Waals surface area contributed by atoms with Crippen molar-refractivity contribution < 1.29 is 4.79 Å². The van der Waals surface area contributed by atoms with Crippen molar-refractivity contribution >= 4 is 39.8 Å². The number of hydrogen-bond acceptors (Lipinski definition) is 4. The Morgan fingerprint density at radius 2 is 1.81 bits per heavy atom. The van der Waals surface area contributed by atoms with Crippen LogP contribution in [0.3, 0.4) is 0 Å². The Morgan fingerprint density at radius 1 is 1.04 bits per heavy atom. The van der Waals surface area contributed by atoms with Gasteiger partial charge in [-0.15, -0.1) is 5.10 Å². The van der Waals surface area contributed by atoms with E-state index in [0.29, 0.717) is 11.6 Å². The molecule has 3 aromatic rings. The number of nitrogens with one attached hydrogen (secondary N) is 1. The number of aryl methyl sites for hydroxylation is 1. The summed E-state index contributed by atoms with van der Waals surface area (Å²) in [5.74, 6) is -0.0142. The van der Waals surface area contributed by atoms with Gasteiger partial charge in [0.25, 0.3) is 0 Å². The molecule has 4 nitrogen and oxygen atoms in total. The zero-order valence-electron chi connectivity index (χ0n) is 14.9. The van der Waals surface area contributed by atoms with Crippen LogP contribution < -0.4 is 5.32 Å². The monoisotopic (exact) mass is 373 g/mol. The van der Waals surface area contributed by atoms with Crippen LogP contribution in [0.5, 0.6) is 0 Å². The summed E-state index contributed by atoms with van der Waals surface area (Å²) >= 11 is 1.43. The summed E-state index contributed by atoms with van der Waals surface area (Å²) in [6.45, 7) is 2.06. The van der Waals surface area contributed by atoms with Gasteiger partial charge in [-0.1, -0.05) is 84.1 Å². The highest BCUT2D eigenvalue weighted by Gasteiger charge is 2.30. The van der Waals surface area contributed by atoms with Crippen molar-refractivity contribution in [2.45, 2.75) is 18.6 Å². The largest absolute Gasteiger partial charge is 0.303 e. The fraction of sp³-hybridized carbons (Fsp3) is 0.136. The highest BCUT2D eigenvalue weighted by molar-refractivity contribution is 8.15. The summed E-state index contributed by atoms with van der Waals surface area (Å²) in [5.41, 5.74) is 3.36. The molecule has 1 fully saturated rings. The molecule has 1 heterocycles. The van der Waals surface area contributed by atoms with Crippen LogP contribution in [0.2, 0.25) is 0 Å². The topological polar surface area (TPSA) is 53.8 Å². The molecule has 0 aliphatic carbocycles. The lowest BCUT2D eigenvalue weighted by molar-refractivity contribution is -0.118. The molecule has 0 aromatic heterocycles. The fourth-order valence-corrected chi connectivity index (χ4v) is 4.00. The maximum Gasteiger partial charge on any atom is 0.239 e. The molecule has 3 aromatic carbocycles. The molecule has 1 aliphatic rings. The molecule has 4 rings (SSSR count). The van der Waals surface area contributed by atoms with Crippen LogP contribution in [-0.4, -0.2) is 22.5 Å². The first-order chi connectivity index (χ1) is 13.2. The quantitative estimate of drug-likeness (QED) is 0.547. The average molecular weight is 373 g/mol. The second-order valence-corrected chi connectivity index (χ2v) is 7.70. The van der Waals surface area contributed by atoms with E-state index >= 15 is 0 Å². The molecule has 0 bridgehead atoms. The van der Waals surface area contributed by atoms with E-state index in [9.17, 15) is 4.79 Å². The molecule has 0 saturated carbocycles. The third-order valence-electron chi connectivity index (χ3n) is 4.49. The van der Waals surface area contributed by atoms with Gasteiger partial charge in [-0.2, -0.15) is 5.10 Å². The number of carbonyl (C=O) groups excluding carboxylic acids is 1. The van der Waals surface area contributed by atoms with Crippen LogP contribution in [0.4, 0.5) is 0 Å². The highest BCUT2D eigenvalue weighted by atomic mass is 32.2. The normalized spacial score (nSPS) is 18.5. The Labute approximate surface area is 162 Å². The number of nitrogens with zero attached hydrogens (tertiary/aromatic N) is 2. The highest BCUT2D eigenvalue weighted by Crippen LogP contribution is 2.23. The Balaban J connectivity index is 1.46. The summed E-state index contributed by atoms with van der Waals surface area (Å²) in [6.07, 6.45) is 2.41. The van der Waals surface area contributed by atoms with Crippen molar-refractivity contribution in [3.05, 3.63) is 83.4 Å². The lowest BCUT2D eigenvalue weighted by Crippen LogP contribution is -2.25. The number of benzene rings is 3. The number of amides is 1. The summed E-state index contributed by atoms with van der Waals surface area (Å²) in [5, 5.41) is 13.9. The first-order valence-electron chi connectivity index (χ1n) is 8.81. The molecule has 1 unspecified atom stereocenters. The number of rotatable bonds is 4. The van der Waals surface area contributed by atoms with Crippen molar-refractivity contribution in [2.24, 2.45) is 10.2 Å². The molecule has 1 aliphatic heterocycles. The zero-order chi connectivity index (χ0) is 18.6. The van der Waals surface area contributed by atoms with Crippen LogP contribution in [-0.2, 0) is 11.2 Å².